The zero-order valence-corrected chi connectivity index (χ0v) is 28.7. The van der Waals surface area contributed by atoms with Gasteiger partial charge in [0.15, 0.2) is 23.0 Å². The Balaban J connectivity index is 1.33. The Bertz CT molecular complexity index is 2030. The Labute approximate surface area is 291 Å². The van der Waals surface area contributed by atoms with Crippen molar-refractivity contribution in [2.75, 3.05) is 18.5 Å². The molecule has 0 saturated carbocycles. The van der Waals surface area contributed by atoms with Crippen LogP contribution in [0.25, 0.3) is 22.3 Å². The fraction of sp³-hybridized carbons (Fsp3) is 0.351. The van der Waals surface area contributed by atoms with Crippen molar-refractivity contribution in [1.29, 1.82) is 0 Å². The highest BCUT2D eigenvalue weighted by atomic mass is 19.4. The molecule has 2 unspecified atom stereocenters. The second-order valence-corrected chi connectivity index (χ2v) is 13.5. The minimum atomic E-state index is -5.15. The summed E-state index contributed by atoms with van der Waals surface area (Å²) in [6.45, 7) is 5.36. The normalized spacial score (nSPS) is 16.7. The minimum Gasteiger partial charge on any atom is -0.483 e. The van der Waals surface area contributed by atoms with E-state index in [9.17, 15) is 18.0 Å². The number of halogens is 5. The van der Waals surface area contributed by atoms with E-state index in [4.69, 9.17) is 9.47 Å². The molecule has 1 saturated heterocycles. The largest absolute Gasteiger partial charge is 0.483 e. The third-order valence-electron chi connectivity index (χ3n) is 8.75. The lowest BCUT2D eigenvalue weighted by Crippen LogP contribution is -2.51. The lowest BCUT2D eigenvalue weighted by Gasteiger charge is -2.43. The molecule has 51 heavy (non-hydrogen) atoms. The number of fused-ring (bicyclic) bond motifs is 1. The summed E-state index contributed by atoms with van der Waals surface area (Å²) in [5.74, 6) is -4.11. The second-order valence-electron chi connectivity index (χ2n) is 13.5. The van der Waals surface area contributed by atoms with Crippen molar-refractivity contribution in [2.24, 2.45) is 7.05 Å². The van der Waals surface area contributed by atoms with Gasteiger partial charge in [-0.25, -0.2) is 23.2 Å². The van der Waals surface area contributed by atoms with Crippen molar-refractivity contribution in [1.82, 2.24) is 24.6 Å². The fourth-order valence-corrected chi connectivity index (χ4v) is 6.22. The number of nitrogens with zero attached hydrogens (tertiary/aromatic N) is 6. The molecule has 0 spiro atoms. The topological polar surface area (TPSA) is 85.6 Å². The van der Waals surface area contributed by atoms with E-state index in [1.807, 2.05) is 56.0 Å². The molecule has 2 atom stereocenters. The Morgan fingerprint density at radius 1 is 0.980 bits per heavy atom. The van der Waals surface area contributed by atoms with Gasteiger partial charge in [0.25, 0.3) is 0 Å². The molecule has 5 aromatic rings. The van der Waals surface area contributed by atoms with Crippen LogP contribution in [-0.4, -0.2) is 56.0 Å². The summed E-state index contributed by atoms with van der Waals surface area (Å²) < 4.78 is 85.6. The van der Waals surface area contributed by atoms with E-state index in [2.05, 4.69) is 15.1 Å². The van der Waals surface area contributed by atoms with Crippen LogP contribution in [0.1, 0.15) is 56.3 Å². The van der Waals surface area contributed by atoms with E-state index < -0.39 is 46.4 Å². The van der Waals surface area contributed by atoms with E-state index in [0.717, 1.165) is 5.56 Å². The highest BCUT2D eigenvalue weighted by Crippen LogP contribution is 2.42. The number of likely N-dealkylation sites (N-methyl/N-ethyl adjacent to an activating group) is 1. The van der Waals surface area contributed by atoms with Crippen molar-refractivity contribution in [3.8, 4) is 17.0 Å². The molecule has 1 fully saturated rings. The molecule has 0 radical (unpaired) electrons. The van der Waals surface area contributed by atoms with Crippen molar-refractivity contribution < 1.29 is 36.2 Å². The quantitative estimate of drug-likeness (QED) is 0.157. The van der Waals surface area contributed by atoms with Crippen LogP contribution < -0.4 is 9.64 Å². The van der Waals surface area contributed by atoms with Crippen LogP contribution in [0.5, 0.6) is 5.75 Å². The molecule has 268 valence electrons. The summed E-state index contributed by atoms with van der Waals surface area (Å²) in [7, 11) is 3.29. The smallest absolute Gasteiger partial charge is 0.419 e. The van der Waals surface area contributed by atoms with Gasteiger partial charge in [0.1, 0.15) is 17.9 Å². The molecule has 3 aromatic carbocycles. The average molecular weight is 709 g/mol. The number of hydrogen-bond donors (Lipinski definition) is 0. The molecular formula is C37H37F5N6O3. The van der Waals surface area contributed by atoms with Gasteiger partial charge >= 0.3 is 12.3 Å². The highest BCUT2D eigenvalue weighted by molar-refractivity contribution is 5.91. The Hall–Kier alpha value is -5.27. The molecule has 14 heteroatoms. The number of carbonyl (C=O) groups is 1. The maximum Gasteiger partial charge on any atom is 0.419 e. The van der Waals surface area contributed by atoms with Gasteiger partial charge < -0.3 is 14.4 Å². The molecule has 2 aromatic heterocycles. The van der Waals surface area contributed by atoms with Crippen LogP contribution in [0.3, 0.4) is 0 Å². The number of piperidine rings is 1. The Kier molecular flexibility index (Phi) is 9.62. The van der Waals surface area contributed by atoms with E-state index in [0.29, 0.717) is 31.0 Å². The number of carbonyl (C=O) groups excluding carboxylic acids is 1. The maximum absolute atomic E-state index is 16.0. The van der Waals surface area contributed by atoms with Crippen LogP contribution in [0.15, 0.2) is 72.9 Å². The number of benzene rings is 3. The average Bonchev–Trinajstić information content (AvgIpc) is 3.42. The Morgan fingerprint density at radius 3 is 2.29 bits per heavy atom. The van der Waals surface area contributed by atoms with Crippen LogP contribution in [0, 0.1) is 11.6 Å². The number of anilines is 1. The molecule has 0 N–H and O–H groups in total. The van der Waals surface area contributed by atoms with Crippen molar-refractivity contribution in [3.05, 3.63) is 101 Å². The summed E-state index contributed by atoms with van der Waals surface area (Å²) in [6.07, 6.45) is -2.94. The third kappa shape index (κ3) is 7.45. The lowest BCUT2D eigenvalue weighted by molar-refractivity contribution is -0.140. The number of hydrogen-bond acceptors (Lipinski definition) is 7. The standard InChI is InChI=1S/C37H37F5N6O3/c1-36(2,3)51-35(49)48-20-24(16-17-28(48)23-14-10-7-11-15-23)46(4)34-43-19-26-31(45-47(5)33(26)44-34)25-18-27(37(40,41)42)30(39)32(29(25)38)50-21-22-12-8-6-9-13-22/h6-15,18-19,24,28H,16-17,20-21H2,1-5H3. The lowest BCUT2D eigenvalue weighted by atomic mass is 9.92. The summed E-state index contributed by atoms with van der Waals surface area (Å²) in [4.78, 5) is 26.1. The number of amides is 1. The first-order valence-electron chi connectivity index (χ1n) is 16.4. The SMILES string of the molecule is CN(c1ncc2c(-c3cc(C(F)(F)F)c(F)c(OCc4ccccc4)c3F)nn(C)c2n1)C1CCC(c2ccccc2)N(C(=O)OC(C)(C)C)C1. The molecule has 3 heterocycles. The van der Waals surface area contributed by atoms with Crippen LogP contribution in [0.4, 0.5) is 32.7 Å². The van der Waals surface area contributed by atoms with E-state index in [1.165, 1.54) is 17.9 Å². The first-order chi connectivity index (χ1) is 24.1. The van der Waals surface area contributed by atoms with Crippen LogP contribution in [0.2, 0.25) is 0 Å². The number of rotatable bonds is 7. The zero-order valence-electron chi connectivity index (χ0n) is 28.7. The first-order valence-corrected chi connectivity index (χ1v) is 16.4. The van der Waals surface area contributed by atoms with Crippen molar-refractivity contribution >= 4 is 23.1 Å². The molecule has 9 nitrogen and oxygen atoms in total. The molecular weight excluding hydrogens is 671 g/mol. The molecule has 1 amide bonds. The van der Waals surface area contributed by atoms with Crippen molar-refractivity contribution in [3.63, 3.8) is 0 Å². The molecule has 6 rings (SSSR count). The number of aryl methyl sites for hydroxylation is 1. The monoisotopic (exact) mass is 708 g/mol. The fourth-order valence-electron chi connectivity index (χ4n) is 6.22. The van der Waals surface area contributed by atoms with Gasteiger partial charge in [-0.05, 0) is 50.8 Å². The summed E-state index contributed by atoms with van der Waals surface area (Å²) >= 11 is 0. The number of alkyl halides is 3. The summed E-state index contributed by atoms with van der Waals surface area (Å²) in [6, 6.07) is 18.0. The molecule has 0 bridgehead atoms. The van der Waals surface area contributed by atoms with Gasteiger partial charge in [-0.3, -0.25) is 4.90 Å². The predicted octanol–water partition coefficient (Wildman–Crippen LogP) is 8.48. The van der Waals surface area contributed by atoms with Gasteiger partial charge in [-0.2, -0.15) is 23.3 Å². The van der Waals surface area contributed by atoms with Gasteiger partial charge in [-0.1, -0.05) is 60.7 Å². The molecule has 0 aliphatic carbocycles. The highest BCUT2D eigenvalue weighted by Gasteiger charge is 2.40. The number of likely N-dealkylation sites (tertiary alicyclic amines) is 1. The van der Waals surface area contributed by atoms with Crippen molar-refractivity contribution in [2.45, 2.75) is 64.1 Å². The van der Waals surface area contributed by atoms with Crippen LogP contribution in [-0.2, 0) is 24.6 Å². The first kappa shape index (κ1) is 35.6. The Morgan fingerprint density at radius 2 is 1.65 bits per heavy atom. The second kappa shape index (κ2) is 13.8. The van der Waals surface area contributed by atoms with Gasteiger partial charge in [0.05, 0.1) is 17.0 Å². The van der Waals surface area contributed by atoms with Crippen LogP contribution >= 0.6 is 0 Å². The zero-order chi connectivity index (χ0) is 36.7. The van der Waals surface area contributed by atoms with E-state index in [-0.39, 0.29) is 41.4 Å². The molecule has 1 aliphatic heterocycles. The predicted molar refractivity (Wildman–Crippen MR) is 181 cm³/mol. The van der Waals surface area contributed by atoms with Gasteiger partial charge in [0.2, 0.25) is 5.95 Å². The van der Waals surface area contributed by atoms with E-state index >= 15 is 8.78 Å². The minimum absolute atomic E-state index is 0.144. The van der Waals surface area contributed by atoms with Gasteiger partial charge in [-0.15, -0.1) is 0 Å². The van der Waals surface area contributed by atoms with E-state index in [1.54, 1.807) is 42.3 Å². The number of aromatic nitrogens is 4. The summed E-state index contributed by atoms with van der Waals surface area (Å²) in [5.41, 5.74) is -1.54. The summed E-state index contributed by atoms with van der Waals surface area (Å²) in [5, 5.41) is 4.44. The third-order valence-corrected chi connectivity index (χ3v) is 8.75. The van der Waals surface area contributed by atoms with Gasteiger partial charge in [0, 0.05) is 38.4 Å². The maximum atomic E-state index is 16.0. The molecule has 1 aliphatic rings. The number of ether oxygens (including phenoxy) is 2.